The van der Waals surface area contributed by atoms with Crippen molar-refractivity contribution in [3.05, 3.63) is 70.0 Å². The molecule has 0 aromatic heterocycles. The SMILES string of the molecule is CC1=NC2=CC3=C(CC2=C1C)C(c1ccccc1)C(=O)NC3. The Morgan fingerprint density at radius 2 is 1.95 bits per heavy atom. The molecule has 0 bridgehead atoms. The van der Waals surface area contributed by atoms with Gasteiger partial charge in [-0.05, 0) is 54.2 Å². The molecule has 2 heterocycles. The zero-order valence-electron chi connectivity index (χ0n) is 12.8. The lowest BCUT2D eigenvalue weighted by molar-refractivity contribution is -0.122. The first kappa shape index (κ1) is 13.3. The smallest absolute Gasteiger partial charge is 0.231 e. The highest BCUT2D eigenvalue weighted by atomic mass is 16.1. The van der Waals surface area contributed by atoms with Gasteiger partial charge in [-0.1, -0.05) is 30.3 Å². The first-order valence-electron chi connectivity index (χ1n) is 7.67. The van der Waals surface area contributed by atoms with Gasteiger partial charge in [0.2, 0.25) is 5.91 Å². The minimum atomic E-state index is -0.177. The third kappa shape index (κ3) is 1.89. The Balaban J connectivity index is 1.83. The summed E-state index contributed by atoms with van der Waals surface area (Å²) in [7, 11) is 0. The van der Waals surface area contributed by atoms with E-state index in [4.69, 9.17) is 0 Å². The van der Waals surface area contributed by atoms with Gasteiger partial charge in [0, 0.05) is 12.3 Å². The fraction of sp³-hybridized carbons (Fsp3) is 0.263. The van der Waals surface area contributed by atoms with E-state index in [0.29, 0.717) is 6.54 Å². The van der Waals surface area contributed by atoms with E-state index < -0.39 is 0 Å². The Hall–Kier alpha value is -2.42. The molecule has 22 heavy (non-hydrogen) atoms. The van der Waals surface area contributed by atoms with Crippen LogP contribution in [0, 0.1) is 0 Å². The zero-order chi connectivity index (χ0) is 15.3. The highest BCUT2D eigenvalue weighted by Crippen LogP contribution is 2.42. The van der Waals surface area contributed by atoms with Crippen LogP contribution in [-0.2, 0) is 4.79 Å². The molecule has 0 radical (unpaired) electrons. The number of hydrogen-bond donors (Lipinski definition) is 1. The number of amides is 1. The van der Waals surface area contributed by atoms with Crippen molar-refractivity contribution in [3.8, 4) is 0 Å². The molecule has 3 heteroatoms. The Morgan fingerprint density at radius 1 is 1.18 bits per heavy atom. The highest BCUT2D eigenvalue weighted by molar-refractivity contribution is 6.03. The van der Waals surface area contributed by atoms with Gasteiger partial charge in [0.15, 0.2) is 0 Å². The van der Waals surface area contributed by atoms with Gasteiger partial charge in [-0.15, -0.1) is 0 Å². The molecule has 3 aliphatic rings. The lowest BCUT2D eigenvalue weighted by Gasteiger charge is -2.31. The molecule has 1 aromatic carbocycles. The largest absolute Gasteiger partial charge is 0.351 e. The maximum Gasteiger partial charge on any atom is 0.231 e. The van der Waals surface area contributed by atoms with Crippen LogP contribution in [0.4, 0.5) is 0 Å². The van der Waals surface area contributed by atoms with Crippen LogP contribution in [0.1, 0.15) is 31.7 Å². The number of hydrogen-bond acceptors (Lipinski definition) is 2. The molecule has 1 amide bonds. The van der Waals surface area contributed by atoms with Crippen LogP contribution in [0.2, 0.25) is 0 Å². The lowest BCUT2D eigenvalue weighted by atomic mass is 9.77. The third-order valence-corrected chi connectivity index (χ3v) is 4.88. The van der Waals surface area contributed by atoms with Gasteiger partial charge in [-0.25, -0.2) is 0 Å². The number of allylic oxidation sites excluding steroid dienone is 2. The van der Waals surface area contributed by atoms with Crippen LogP contribution < -0.4 is 5.32 Å². The van der Waals surface area contributed by atoms with Crippen molar-refractivity contribution in [2.45, 2.75) is 26.2 Å². The second-order valence-electron chi connectivity index (χ2n) is 6.12. The summed E-state index contributed by atoms with van der Waals surface area (Å²) in [5, 5.41) is 3.03. The minimum Gasteiger partial charge on any atom is -0.351 e. The molecule has 3 nitrogen and oxygen atoms in total. The third-order valence-electron chi connectivity index (χ3n) is 4.88. The van der Waals surface area contributed by atoms with E-state index >= 15 is 0 Å². The van der Waals surface area contributed by atoms with E-state index in [0.717, 1.165) is 23.4 Å². The number of aliphatic imine (C=N–C) groups is 1. The number of benzene rings is 1. The minimum absolute atomic E-state index is 0.107. The second kappa shape index (κ2) is 4.80. The molecule has 110 valence electrons. The average molecular weight is 290 g/mol. The van der Waals surface area contributed by atoms with E-state index in [9.17, 15) is 4.79 Å². The molecule has 1 N–H and O–H groups in total. The number of carbonyl (C=O) groups excluding carboxylic acids is 1. The molecule has 1 aliphatic carbocycles. The van der Waals surface area contributed by atoms with E-state index in [1.165, 1.54) is 22.3 Å². The Labute approximate surface area is 130 Å². The summed E-state index contributed by atoms with van der Waals surface area (Å²) in [6, 6.07) is 10.1. The molecule has 2 aliphatic heterocycles. The van der Waals surface area contributed by atoms with Crippen molar-refractivity contribution in [1.29, 1.82) is 0 Å². The first-order chi connectivity index (χ1) is 10.6. The summed E-state index contributed by atoms with van der Waals surface area (Å²) in [5.74, 6) is -0.0698. The van der Waals surface area contributed by atoms with Gasteiger partial charge in [-0.2, -0.15) is 0 Å². The van der Waals surface area contributed by atoms with Crippen LogP contribution in [0.25, 0.3) is 0 Å². The van der Waals surface area contributed by atoms with Crippen LogP contribution >= 0.6 is 0 Å². The molecule has 1 atom stereocenters. The average Bonchev–Trinajstić information content (AvgIpc) is 2.81. The van der Waals surface area contributed by atoms with Crippen LogP contribution in [0.15, 0.2) is 69.4 Å². The first-order valence-corrected chi connectivity index (χ1v) is 7.67. The number of nitrogens with one attached hydrogen (secondary N) is 1. The van der Waals surface area contributed by atoms with Gasteiger partial charge < -0.3 is 5.32 Å². The van der Waals surface area contributed by atoms with Gasteiger partial charge in [0.25, 0.3) is 0 Å². The lowest BCUT2D eigenvalue weighted by Crippen LogP contribution is -2.38. The van der Waals surface area contributed by atoms with Crippen molar-refractivity contribution < 1.29 is 4.79 Å². The number of nitrogens with zero attached hydrogens (tertiary/aromatic N) is 1. The van der Waals surface area contributed by atoms with Crippen LogP contribution in [0.3, 0.4) is 0 Å². The molecular formula is C19H18N2O. The molecule has 1 aromatic rings. The van der Waals surface area contributed by atoms with Gasteiger partial charge in [0.05, 0.1) is 11.6 Å². The fourth-order valence-electron chi connectivity index (χ4n) is 3.54. The number of carbonyl (C=O) groups is 1. The van der Waals surface area contributed by atoms with Crippen molar-refractivity contribution in [2.24, 2.45) is 4.99 Å². The Kier molecular flexibility index (Phi) is 2.89. The molecule has 0 spiro atoms. The topological polar surface area (TPSA) is 41.5 Å². The summed E-state index contributed by atoms with van der Waals surface area (Å²) in [5.41, 5.74) is 8.24. The summed E-state index contributed by atoms with van der Waals surface area (Å²) in [6.45, 7) is 4.79. The van der Waals surface area contributed by atoms with E-state index in [2.05, 4.69) is 30.2 Å². The van der Waals surface area contributed by atoms with Crippen LogP contribution in [0.5, 0.6) is 0 Å². The predicted molar refractivity (Wildman–Crippen MR) is 87.7 cm³/mol. The van der Waals surface area contributed by atoms with Crippen molar-refractivity contribution in [2.75, 3.05) is 6.54 Å². The highest BCUT2D eigenvalue weighted by Gasteiger charge is 2.35. The Bertz CT molecular complexity index is 794. The molecule has 1 unspecified atom stereocenters. The number of rotatable bonds is 1. The standard InChI is InChI=1S/C19H18N2O/c1-11-12(2)21-17-8-14-10-20-19(22)18(16(14)9-15(11)17)13-6-4-3-5-7-13/h3-8,18H,9-10H2,1-2H3,(H,20,22). The summed E-state index contributed by atoms with van der Waals surface area (Å²) < 4.78 is 0. The van der Waals surface area contributed by atoms with Gasteiger partial charge >= 0.3 is 0 Å². The summed E-state index contributed by atoms with van der Waals surface area (Å²) in [6.07, 6.45) is 2.99. The van der Waals surface area contributed by atoms with Gasteiger partial charge in [-0.3, -0.25) is 9.79 Å². The van der Waals surface area contributed by atoms with Crippen LogP contribution in [-0.4, -0.2) is 18.2 Å². The van der Waals surface area contributed by atoms with E-state index in [1.807, 2.05) is 30.3 Å². The molecule has 0 fully saturated rings. The zero-order valence-corrected chi connectivity index (χ0v) is 12.8. The van der Waals surface area contributed by atoms with E-state index in [-0.39, 0.29) is 11.8 Å². The molecular weight excluding hydrogens is 272 g/mol. The summed E-state index contributed by atoms with van der Waals surface area (Å²) >= 11 is 0. The molecule has 0 saturated carbocycles. The van der Waals surface area contributed by atoms with E-state index in [1.54, 1.807) is 0 Å². The monoisotopic (exact) mass is 290 g/mol. The molecule has 0 saturated heterocycles. The molecule has 4 rings (SSSR count). The fourth-order valence-corrected chi connectivity index (χ4v) is 3.54. The van der Waals surface area contributed by atoms with Crippen molar-refractivity contribution in [1.82, 2.24) is 5.32 Å². The quantitative estimate of drug-likeness (QED) is 0.847. The normalized spacial score (nSPS) is 23.7. The van der Waals surface area contributed by atoms with Crippen molar-refractivity contribution in [3.63, 3.8) is 0 Å². The second-order valence-corrected chi connectivity index (χ2v) is 6.12. The predicted octanol–water partition coefficient (Wildman–Crippen LogP) is 3.28. The van der Waals surface area contributed by atoms with Gasteiger partial charge in [0.1, 0.15) is 0 Å². The van der Waals surface area contributed by atoms with Crippen molar-refractivity contribution >= 4 is 11.6 Å². The maximum atomic E-state index is 12.5. The number of fused-ring (bicyclic) bond motifs is 1. The maximum absolute atomic E-state index is 12.5. The Morgan fingerprint density at radius 3 is 2.73 bits per heavy atom. The summed E-state index contributed by atoms with van der Waals surface area (Å²) in [4.78, 5) is 17.1.